The van der Waals surface area contributed by atoms with Crippen molar-refractivity contribution in [3.8, 4) is 0 Å². The maximum absolute atomic E-state index is 9.69. The van der Waals surface area contributed by atoms with Gasteiger partial charge in [0, 0.05) is 12.6 Å². The molecule has 2 unspecified atom stereocenters. The van der Waals surface area contributed by atoms with Crippen molar-refractivity contribution in [3.05, 3.63) is 0 Å². The van der Waals surface area contributed by atoms with Crippen molar-refractivity contribution in [1.29, 1.82) is 0 Å². The lowest BCUT2D eigenvalue weighted by atomic mass is 9.83. The Hall–Kier alpha value is -0.0800. The molecule has 2 N–H and O–H groups in total. The second-order valence-corrected chi connectivity index (χ2v) is 4.24. The fourth-order valence-corrected chi connectivity index (χ4v) is 1.60. The fourth-order valence-electron chi connectivity index (χ4n) is 1.60. The van der Waals surface area contributed by atoms with Crippen LogP contribution in [0.1, 0.15) is 33.6 Å². The van der Waals surface area contributed by atoms with Crippen molar-refractivity contribution in [2.75, 3.05) is 6.54 Å². The lowest BCUT2D eigenvalue weighted by Gasteiger charge is -2.35. The highest BCUT2D eigenvalue weighted by Gasteiger charge is 2.29. The highest BCUT2D eigenvalue weighted by atomic mass is 16.3. The smallest absolute Gasteiger partial charge is 0.0631 e. The molecule has 0 aliphatic carbocycles. The Morgan fingerprint density at radius 1 is 1.36 bits per heavy atom. The first kappa shape index (κ1) is 9.01. The van der Waals surface area contributed by atoms with Gasteiger partial charge in [-0.2, -0.15) is 0 Å². The molecule has 0 saturated carbocycles. The van der Waals surface area contributed by atoms with Gasteiger partial charge in [-0.1, -0.05) is 0 Å². The summed E-state index contributed by atoms with van der Waals surface area (Å²) in [6.45, 7) is 6.95. The van der Waals surface area contributed by atoms with Gasteiger partial charge in [-0.05, 0) is 39.5 Å². The summed E-state index contributed by atoms with van der Waals surface area (Å²) in [5, 5.41) is 13.1. The Kier molecular flexibility index (Phi) is 2.55. The third kappa shape index (κ3) is 2.46. The van der Waals surface area contributed by atoms with Gasteiger partial charge >= 0.3 is 0 Å². The van der Waals surface area contributed by atoms with Gasteiger partial charge in [0.1, 0.15) is 0 Å². The van der Waals surface area contributed by atoms with Crippen LogP contribution in [0, 0.1) is 5.92 Å². The van der Waals surface area contributed by atoms with E-state index in [0.29, 0.717) is 12.0 Å². The number of hydrogen-bond donors (Lipinski definition) is 2. The first-order chi connectivity index (χ1) is 5.00. The number of piperidine rings is 1. The normalized spacial score (nSPS) is 33.8. The topological polar surface area (TPSA) is 32.3 Å². The van der Waals surface area contributed by atoms with Gasteiger partial charge in [0.15, 0.2) is 0 Å². The molecule has 0 aromatic rings. The monoisotopic (exact) mass is 157 g/mol. The molecule has 0 amide bonds. The van der Waals surface area contributed by atoms with Crippen molar-refractivity contribution in [2.24, 2.45) is 5.92 Å². The molecule has 0 spiro atoms. The zero-order chi connectivity index (χ0) is 8.48. The molecule has 11 heavy (non-hydrogen) atoms. The van der Waals surface area contributed by atoms with Crippen LogP contribution in [0.4, 0.5) is 0 Å². The van der Waals surface area contributed by atoms with E-state index >= 15 is 0 Å². The van der Waals surface area contributed by atoms with Crippen LogP contribution < -0.4 is 5.32 Å². The molecule has 1 aliphatic rings. The van der Waals surface area contributed by atoms with E-state index < -0.39 is 5.60 Å². The first-order valence-electron chi connectivity index (χ1n) is 4.46. The van der Waals surface area contributed by atoms with Crippen LogP contribution in [-0.2, 0) is 0 Å². The molecule has 1 saturated heterocycles. The van der Waals surface area contributed by atoms with E-state index in [1.54, 1.807) is 0 Å². The van der Waals surface area contributed by atoms with Gasteiger partial charge in [-0.25, -0.2) is 0 Å². The first-order valence-corrected chi connectivity index (χ1v) is 4.46. The second kappa shape index (κ2) is 3.11. The molecule has 0 aromatic heterocycles. The summed E-state index contributed by atoms with van der Waals surface area (Å²) >= 11 is 0. The lowest BCUT2D eigenvalue weighted by molar-refractivity contribution is 0.00299. The predicted octanol–water partition coefficient (Wildman–Crippen LogP) is 1.15. The maximum Gasteiger partial charge on any atom is 0.0631 e. The summed E-state index contributed by atoms with van der Waals surface area (Å²) in [6, 6.07) is 0.633. The standard InChI is InChI=1S/C9H19NO/c1-7-4-5-8(6-10-7)9(2,3)11/h7-8,10-11H,4-6H2,1-3H3. The molecule has 0 radical (unpaired) electrons. The second-order valence-electron chi connectivity index (χ2n) is 4.24. The zero-order valence-corrected chi connectivity index (χ0v) is 7.72. The molecule has 2 nitrogen and oxygen atoms in total. The third-order valence-corrected chi connectivity index (χ3v) is 2.66. The molecule has 0 aromatic carbocycles. The van der Waals surface area contributed by atoms with E-state index in [2.05, 4.69) is 12.2 Å². The maximum atomic E-state index is 9.69. The van der Waals surface area contributed by atoms with E-state index in [0.717, 1.165) is 13.0 Å². The number of nitrogens with one attached hydrogen (secondary N) is 1. The van der Waals surface area contributed by atoms with E-state index in [1.165, 1.54) is 6.42 Å². The Labute approximate surface area is 69.0 Å². The average Bonchev–Trinajstić information content (AvgIpc) is 1.86. The van der Waals surface area contributed by atoms with Gasteiger partial charge in [0.25, 0.3) is 0 Å². The summed E-state index contributed by atoms with van der Waals surface area (Å²) in [5.41, 5.74) is -0.507. The number of aliphatic hydroxyl groups is 1. The molecule has 1 fully saturated rings. The molecule has 2 atom stereocenters. The van der Waals surface area contributed by atoms with Crippen LogP contribution in [0.15, 0.2) is 0 Å². The van der Waals surface area contributed by atoms with Gasteiger partial charge in [0.05, 0.1) is 5.60 Å². The molecule has 1 aliphatic heterocycles. The molecular weight excluding hydrogens is 138 g/mol. The van der Waals surface area contributed by atoms with Crippen molar-refractivity contribution in [1.82, 2.24) is 5.32 Å². The molecule has 2 heteroatoms. The molecular formula is C9H19NO. The van der Waals surface area contributed by atoms with Crippen LogP contribution in [0.25, 0.3) is 0 Å². The van der Waals surface area contributed by atoms with Crippen molar-refractivity contribution in [3.63, 3.8) is 0 Å². The summed E-state index contributed by atoms with van der Waals surface area (Å²) in [7, 11) is 0. The van der Waals surface area contributed by atoms with Gasteiger partial charge in [-0.3, -0.25) is 0 Å². The minimum Gasteiger partial charge on any atom is -0.390 e. The summed E-state index contributed by atoms with van der Waals surface area (Å²) in [6.07, 6.45) is 2.34. The lowest BCUT2D eigenvalue weighted by Crippen LogP contribution is -2.45. The molecule has 1 rings (SSSR count). The van der Waals surface area contributed by atoms with Gasteiger partial charge in [0.2, 0.25) is 0 Å². The number of hydrogen-bond acceptors (Lipinski definition) is 2. The Bertz CT molecular complexity index is 120. The van der Waals surface area contributed by atoms with Gasteiger partial charge in [-0.15, -0.1) is 0 Å². The summed E-state index contributed by atoms with van der Waals surface area (Å²) < 4.78 is 0. The van der Waals surface area contributed by atoms with Crippen LogP contribution >= 0.6 is 0 Å². The van der Waals surface area contributed by atoms with Crippen LogP contribution in [0.2, 0.25) is 0 Å². The quantitative estimate of drug-likeness (QED) is 0.598. The predicted molar refractivity (Wildman–Crippen MR) is 46.5 cm³/mol. The summed E-state index contributed by atoms with van der Waals surface area (Å²) in [5.74, 6) is 0.429. The molecule has 0 bridgehead atoms. The van der Waals surface area contributed by atoms with Crippen LogP contribution in [0.3, 0.4) is 0 Å². The Balaban J connectivity index is 2.39. The minimum absolute atomic E-state index is 0.429. The van der Waals surface area contributed by atoms with Gasteiger partial charge < -0.3 is 10.4 Å². The largest absolute Gasteiger partial charge is 0.390 e. The Morgan fingerprint density at radius 2 is 2.00 bits per heavy atom. The highest BCUT2D eigenvalue weighted by molar-refractivity contribution is 4.84. The van der Waals surface area contributed by atoms with E-state index in [1.807, 2.05) is 13.8 Å². The number of rotatable bonds is 1. The Morgan fingerprint density at radius 3 is 2.36 bits per heavy atom. The molecule has 66 valence electrons. The van der Waals surface area contributed by atoms with Crippen LogP contribution in [-0.4, -0.2) is 23.3 Å². The fraction of sp³-hybridized carbons (Fsp3) is 1.00. The van der Waals surface area contributed by atoms with Crippen molar-refractivity contribution in [2.45, 2.75) is 45.3 Å². The zero-order valence-electron chi connectivity index (χ0n) is 7.72. The van der Waals surface area contributed by atoms with E-state index in [9.17, 15) is 5.11 Å². The van der Waals surface area contributed by atoms with Crippen LogP contribution in [0.5, 0.6) is 0 Å². The SMILES string of the molecule is CC1CCC(C(C)(C)O)CN1. The van der Waals surface area contributed by atoms with Crippen molar-refractivity contribution >= 4 is 0 Å². The van der Waals surface area contributed by atoms with E-state index in [-0.39, 0.29) is 0 Å². The van der Waals surface area contributed by atoms with Crippen molar-refractivity contribution < 1.29 is 5.11 Å². The third-order valence-electron chi connectivity index (χ3n) is 2.66. The summed E-state index contributed by atoms with van der Waals surface area (Å²) in [4.78, 5) is 0. The van der Waals surface area contributed by atoms with E-state index in [4.69, 9.17) is 0 Å². The molecule has 1 heterocycles. The minimum atomic E-state index is -0.507. The highest BCUT2D eigenvalue weighted by Crippen LogP contribution is 2.24. The average molecular weight is 157 g/mol.